The van der Waals surface area contributed by atoms with Gasteiger partial charge in [-0.15, -0.1) is 5.10 Å². The number of aryl methyl sites for hydroxylation is 2. The van der Waals surface area contributed by atoms with Crippen molar-refractivity contribution in [1.29, 1.82) is 0 Å². The van der Waals surface area contributed by atoms with E-state index in [4.69, 9.17) is 4.42 Å². The fraction of sp³-hybridized carbons (Fsp3) is 0.333. The first-order valence-electron chi connectivity index (χ1n) is 9.61. The molecule has 0 amide bonds. The molecule has 1 aromatic heterocycles. The van der Waals surface area contributed by atoms with Gasteiger partial charge < -0.3 is 4.42 Å². The molecule has 0 radical (unpaired) electrons. The lowest BCUT2D eigenvalue weighted by Gasteiger charge is -2.31. The lowest BCUT2D eigenvalue weighted by molar-refractivity contribution is 0.271. The van der Waals surface area contributed by atoms with Crippen LogP contribution in [-0.2, 0) is 10.0 Å². The van der Waals surface area contributed by atoms with Crippen LogP contribution < -0.4 is 5.76 Å². The smallest absolute Gasteiger partial charge is 0.391 e. The van der Waals surface area contributed by atoms with Gasteiger partial charge in [0.05, 0.1) is 4.47 Å². The fourth-order valence-corrected chi connectivity index (χ4v) is 5.65. The van der Waals surface area contributed by atoms with Crippen molar-refractivity contribution in [3.8, 4) is 0 Å². The van der Waals surface area contributed by atoms with Gasteiger partial charge in [0.1, 0.15) is 22.6 Å². The number of sulfonamides is 1. The second-order valence-corrected chi connectivity index (χ2v) is 10.5. The van der Waals surface area contributed by atoms with Crippen molar-refractivity contribution in [2.45, 2.75) is 44.6 Å². The number of nitrogens with one attached hydrogen (secondary N) is 1. The predicted molar refractivity (Wildman–Crippen MR) is 118 cm³/mol. The quantitative estimate of drug-likeness (QED) is 0.474. The minimum Gasteiger partial charge on any atom is -0.391 e. The molecule has 0 saturated heterocycles. The Morgan fingerprint density at radius 1 is 1.12 bits per heavy atom. The summed E-state index contributed by atoms with van der Waals surface area (Å²) in [5.41, 5.74) is 3.67. The number of aromatic amines is 1. The molecule has 1 N–H and O–H groups in total. The van der Waals surface area contributed by atoms with E-state index < -0.39 is 44.3 Å². The molecule has 2 aromatic carbocycles. The molecular formula is C21H22BrF2N3O4S. The Morgan fingerprint density at radius 2 is 1.75 bits per heavy atom. The van der Waals surface area contributed by atoms with Crippen LogP contribution >= 0.6 is 15.9 Å². The zero-order valence-corrected chi connectivity index (χ0v) is 20.4. The number of benzene rings is 2. The predicted octanol–water partition coefficient (Wildman–Crippen LogP) is 4.49. The summed E-state index contributed by atoms with van der Waals surface area (Å²) < 4.78 is 61.1. The van der Waals surface area contributed by atoms with Crippen LogP contribution in [0.1, 0.15) is 47.0 Å². The molecule has 7 nitrogen and oxygen atoms in total. The Hall–Kier alpha value is -2.37. The standard InChI is InChI=1S/C21H22BrF2N3O4S/c1-10-6-7-11(2)18(12(10)3)13(4)19(20-25-26-21(28)31-20)27(5)32(29,30)17-9-15(23)14(22)8-16(17)24/h6-9,13,19H,1-5H3,(H,26,28)/t13-,19+/m1/s1. The Labute approximate surface area is 192 Å². The number of rotatable bonds is 6. The lowest BCUT2D eigenvalue weighted by Crippen LogP contribution is -2.35. The number of hydrogen-bond donors (Lipinski definition) is 1. The first-order chi connectivity index (χ1) is 14.9. The summed E-state index contributed by atoms with van der Waals surface area (Å²) in [5.74, 6) is -3.65. The summed E-state index contributed by atoms with van der Waals surface area (Å²) in [4.78, 5) is 10.8. The Balaban J connectivity index is 2.21. The van der Waals surface area contributed by atoms with E-state index in [-0.39, 0.29) is 10.4 Å². The molecule has 2 atom stereocenters. The van der Waals surface area contributed by atoms with Crippen molar-refractivity contribution >= 4 is 26.0 Å². The normalized spacial score (nSPS) is 14.0. The topological polar surface area (TPSA) is 96.3 Å². The second kappa shape index (κ2) is 8.87. The third-order valence-electron chi connectivity index (χ3n) is 5.66. The number of likely N-dealkylation sites (N-methyl/N-ethyl adjacent to an activating group) is 1. The average molecular weight is 530 g/mol. The molecule has 0 aliphatic heterocycles. The Bertz CT molecular complexity index is 1340. The van der Waals surface area contributed by atoms with Crippen molar-refractivity contribution in [2.75, 3.05) is 7.05 Å². The van der Waals surface area contributed by atoms with Crippen molar-refractivity contribution in [3.05, 3.63) is 79.1 Å². The largest absolute Gasteiger partial charge is 0.434 e. The highest BCUT2D eigenvalue weighted by Crippen LogP contribution is 2.40. The highest BCUT2D eigenvalue weighted by molar-refractivity contribution is 9.10. The number of hydrogen-bond acceptors (Lipinski definition) is 5. The van der Waals surface area contributed by atoms with Crippen molar-refractivity contribution in [1.82, 2.24) is 14.5 Å². The molecule has 172 valence electrons. The van der Waals surface area contributed by atoms with Gasteiger partial charge in [0.2, 0.25) is 15.9 Å². The van der Waals surface area contributed by atoms with Gasteiger partial charge in [0.25, 0.3) is 0 Å². The number of halogens is 3. The van der Waals surface area contributed by atoms with E-state index in [1.165, 1.54) is 7.05 Å². The Morgan fingerprint density at radius 3 is 2.34 bits per heavy atom. The molecule has 0 bridgehead atoms. The van der Waals surface area contributed by atoms with E-state index in [9.17, 15) is 22.0 Å². The number of H-pyrrole nitrogens is 1. The molecule has 0 spiro atoms. The van der Waals surface area contributed by atoms with Gasteiger partial charge in [0, 0.05) is 13.0 Å². The first-order valence-corrected chi connectivity index (χ1v) is 11.8. The molecule has 11 heteroatoms. The van der Waals surface area contributed by atoms with Gasteiger partial charge in [-0.1, -0.05) is 19.1 Å². The van der Waals surface area contributed by atoms with Crippen LogP contribution in [-0.4, -0.2) is 30.0 Å². The Kier molecular flexibility index (Phi) is 6.73. The van der Waals surface area contributed by atoms with E-state index >= 15 is 0 Å². The van der Waals surface area contributed by atoms with Gasteiger partial charge in [-0.3, -0.25) is 0 Å². The van der Waals surface area contributed by atoms with Crippen molar-refractivity contribution in [2.24, 2.45) is 0 Å². The van der Waals surface area contributed by atoms with Crippen LogP contribution in [0.3, 0.4) is 0 Å². The molecule has 3 aromatic rings. The highest BCUT2D eigenvalue weighted by atomic mass is 79.9. The van der Waals surface area contributed by atoms with Gasteiger partial charge in [-0.05, 0) is 71.1 Å². The van der Waals surface area contributed by atoms with Crippen LogP contribution in [0, 0.1) is 32.4 Å². The zero-order valence-electron chi connectivity index (χ0n) is 18.0. The first kappa shape index (κ1) is 24.3. The van der Waals surface area contributed by atoms with Crippen LogP contribution in [0.4, 0.5) is 8.78 Å². The van der Waals surface area contributed by atoms with E-state index in [0.29, 0.717) is 6.07 Å². The third-order valence-corrected chi connectivity index (χ3v) is 8.13. The number of nitrogens with zero attached hydrogens (tertiary/aromatic N) is 2. The summed E-state index contributed by atoms with van der Waals surface area (Å²) >= 11 is 2.84. The van der Waals surface area contributed by atoms with Gasteiger partial charge in [0.15, 0.2) is 0 Å². The highest BCUT2D eigenvalue weighted by Gasteiger charge is 2.39. The maximum Gasteiger partial charge on any atom is 0.434 e. The summed E-state index contributed by atoms with van der Waals surface area (Å²) in [7, 11) is -3.34. The van der Waals surface area contributed by atoms with Crippen LogP contribution in [0.25, 0.3) is 0 Å². The van der Waals surface area contributed by atoms with E-state index in [2.05, 4.69) is 26.1 Å². The van der Waals surface area contributed by atoms with Crippen LogP contribution in [0.2, 0.25) is 0 Å². The van der Waals surface area contributed by atoms with Gasteiger partial charge in [-0.25, -0.2) is 27.1 Å². The van der Waals surface area contributed by atoms with E-state index in [1.54, 1.807) is 6.92 Å². The van der Waals surface area contributed by atoms with Crippen molar-refractivity contribution < 1.29 is 21.6 Å². The molecule has 0 saturated carbocycles. The monoisotopic (exact) mass is 529 g/mol. The molecular weight excluding hydrogens is 508 g/mol. The molecule has 0 aliphatic carbocycles. The van der Waals surface area contributed by atoms with E-state index in [0.717, 1.165) is 32.6 Å². The molecule has 1 heterocycles. The van der Waals surface area contributed by atoms with Crippen LogP contribution in [0.15, 0.2) is 42.8 Å². The summed E-state index contributed by atoms with van der Waals surface area (Å²) in [6, 6.07) is 4.09. The minimum absolute atomic E-state index is 0.188. The lowest BCUT2D eigenvalue weighted by atomic mass is 9.85. The maximum absolute atomic E-state index is 14.6. The second-order valence-electron chi connectivity index (χ2n) is 7.64. The minimum atomic E-state index is -4.55. The maximum atomic E-state index is 14.6. The molecule has 0 unspecified atom stereocenters. The summed E-state index contributed by atoms with van der Waals surface area (Å²) in [6.07, 6.45) is 0. The molecule has 0 fully saturated rings. The third kappa shape index (κ3) is 4.28. The SMILES string of the molecule is Cc1ccc(C)c([C@@H](C)[C@@H](c2n[nH]c(=O)o2)N(C)S(=O)(=O)c2cc(F)c(Br)cc2F)c1C. The number of aromatic nitrogens is 2. The summed E-state index contributed by atoms with van der Waals surface area (Å²) in [6.45, 7) is 7.48. The molecule has 0 aliphatic rings. The molecule has 32 heavy (non-hydrogen) atoms. The molecule has 3 rings (SSSR count). The van der Waals surface area contributed by atoms with Crippen LogP contribution in [0.5, 0.6) is 0 Å². The zero-order chi connectivity index (χ0) is 24.0. The van der Waals surface area contributed by atoms with Gasteiger partial charge >= 0.3 is 5.76 Å². The average Bonchev–Trinajstić information content (AvgIpc) is 3.13. The van der Waals surface area contributed by atoms with E-state index in [1.807, 2.05) is 32.9 Å². The van der Waals surface area contributed by atoms with Gasteiger partial charge in [-0.2, -0.15) is 4.31 Å². The summed E-state index contributed by atoms with van der Waals surface area (Å²) in [5, 5.41) is 5.98. The fourth-order valence-electron chi connectivity index (χ4n) is 3.89. The van der Waals surface area contributed by atoms with Crippen molar-refractivity contribution in [3.63, 3.8) is 0 Å².